The molecule has 0 saturated carbocycles. The average molecular weight is 281 g/mol. The molecule has 3 heterocycles. The Kier molecular flexibility index (Phi) is 1.95. The Labute approximate surface area is 122 Å². The Bertz CT molecular complexity index is 761. The molecule has 5 nitrogen and oxygen atoms in total. The number of nitrogens with zero attached hydrogens (tertiary/aromatic N) is 3. The third-order valence-electron chi connectivity index (χ3n) is 3.50. The number of thiazole rings is 1. The van der Waals surface area contributed by atoms with Crippen LogP contribution in [0.4, 0.5) is 0 Å². The van der Waals surface area contributed by atoms with E-state index in [9.17, 15) is 0 Å². The van der Waals surface area contributed by atoms with Gasteiger partial charge in [0.2, 0.25) is 0 Å². The maximum Gasteiger partial charge on any atom is 0.515 e. The Morgan fingerprint density at radius 2 is 2.00 bits per heavy atom. The first-order valence-corrected chi connectivity index (χ1v) is 6.71. The van der Waals surface area contributed by atoms with Crippen LogP contribution in [0.1, 0.15) is 33.2 Å². The summed E-state index contributed by atoms with van der Waals surface area (Å²) >= 11 is 0.991. The number of imidazole rings is 1. The lowest BCUT2D eigenvalue weighted by atomic mass is 9.86. The molecule has 100 valence electrons. The predicted octanol–water partition coefficient (Wildman–Crippen LogP) is 1.63. The second-order valence-corrected chi connectivity index (χ2v) is 6.12. The molecule has 0 atom stereocenters. The van der Waals surface area contributed by atoms with E-state index in [2.05, 4.69) is 9.97 Å². The predicted molar refractivity (Wildman–Crippen MR) is 75.0 cm³/mol. The van der Waals surface area contributed by atoms with Gasteiger partial charge in [-0.2, -0.15) is 0 Å². The third kappa shape index (κ3) is 2.11. The molecular weight excluding hydrogens is 261 g/mol. The highest BCUT2D eigenvalue weighted by Crippen LogP contribution is 2.36. The number of hydrogen-bond acceptors (Lipinski definition) is 5. The molecule has 2 aromatic heterocycles. The van der Waals surface area contributed by atoms with Crippen molar-refractivity contribution in [3.8, 4) is 5.13 Å². The van der Waals surface area contributed by atoms with Crippen LogP contribution in [0.15, 0.2) is 24.0 Å². The average Bonchev–Trinajstić information content (AvgIpc) is 2.95. The molecule has 1 fully saturated rings. The minimum absolute atomic E-state index is 0.137. The zero-order chi connectivity index (χ0) is 17.2. The van der Waals surface area contributed by atoms with E-state index < -0.39 is 18.3 Å². The van der Waals surface area contributed by atoms with Gasteiger partial charge < -0.3 is 9.31 Å². The van der Waals surface area contributed by atoms with Crippen LogP contribution in [0.5, 0.6) is 0 Å². The van der Waals surface area contributed by atoms with Crippen LogP contribution in [0.25, 0.3) is 5.13 Å². The van der Waals surface area contributed by atoms with E-state index in [0.29, 0.717) is 5.59 Å². The van der Waals surface area contributed by atoms with Gasteiger partial charge in [0.05, 0.1) is 20.9 Å². The molecule has 3 rings (SSSR count). The lowest BCUT2D eigenvalue weighted by molar-refractivity contribution is 0.00578. The molecule has 0 unspecified atom stereocenters. The van der Waals surface area contributed by atoms with Gasteiger partial charge in [-0.3, -0.25) is 4.57 Å². The molecule has 0 radical (unpaired) electrons. The van der Waals surface area contributed by atoms with Crippen molar-refractivity contribution in [2.75, 3.05) is 0 Å². The van der Waals surface area contributed by atoms with Crippen molar-refractivity contribution in [2.24, 2.45) is 0 Å². The first-order chi connectivity index (χ1) is 10.5. The van der Waals surface area contributed by atoms with Crippen molar-refractivity contribution in [1.29, 1.82) is 0 Å². The van der Waals surface area contributed by atoms with Crippen molar-refractivity contribution in [1.82, 2.24) is 14.5 Å². The van der Waals surface area contributed by atoms with Gasteiger partial charge in [0.25, 0.3) is 0 Å². The molecule has 0 amide bonds. The largest absolute Gasteiger partial charge is 0.515 e. The molecule has 19 heavy (non-hydrogen) atoms. The van der Waals surface area contributed by atoms with E-state index in [1.807, 2.05) is 27.7 Å². The van der Waals surface area contributed by atoms with Crippen molar-refractivity contribution in [2.45, 2.75) is 38.9 Å². The second-order valence-electron chi connectivity index (χ2n) is 5.34. The van der Waals surface area contributed by atoms with Gasteiger partial charge in [-0.1, -0.05) is 0 Å². The molecule has 7 heteroatoms. The van der Waals surface area contributed by atoms with Crippen LogP contribution in [-0.4, -0.2) is 32.9 Å². The summed E-state index contributed by atoms with van der Waals surface area (Å²) in [6.07, 6.45) is -0.785. The standard InChI is InChI=1S/C12H16BN3O2S/c1-11(2)12(3,4)18-13(17-11)9-7-19-10(15-9)16-6-5-14-8-16/h5-8H,1-4H3/i5D,6D,7D,8D. The van der Waals surface area contributed by atoms with Crippen molar-refractivity contribution in [3.05, 3.63) is 24.0 Å². The summed E-state index contributed by atoms with van der Waals surface area (Å²) < 4.78 is 44.1. The summed E-state index contributed by atoms with van der Waals surface area (Å²) in [4.78, 5) is 7.93. The smallest absolute Gasteiger partial charge is 0.398 e. The molecule has 0 spiro atoms. The van der Waals surface area contributed by atoms with Gasteiger partial charge in [-0.15, -0.1) is 11.3 Å². The monoisotopic (exact) mass is 281 g/mol. The molecule has 2 aromatic rings. The van der Waals surface area contributed by atoms with E-state index in [0.717, 1.165) is 15.9 Å². The minimum atomic E-state index is -0.778. The Morgan fingerprint density at radius 1 is 1.32 bits per heavy atom. The van der Waals surface area contributed by atoms with E-state index in [-0.39, 0.29) is 29.1 Å². The highest BCUT2D eigenvalue weighted by molar-refractivity contribution is 7.13. The Morgan fingerprint density at radius 3 is 2.58 bits per heavy atom. The van der Waals surface area contributed by atoms with Crippen LogP contribution in [-0.2, 0) is 9.31 Å². The molecule has 1 aliphatic heterocycles. The van der Waals surface area contributed by atoms with Crippen LogP contribution >= 0.6 is 11.3 Å². The summed E-state index contributed by atoms with van der Waals surface area (Å²) in [6, 6.07) is 0. The maximum atomic E-state index is 8.11. The molecule has 0 N–H and O–H groups in total. The van der Waals surface area contributed by atoms with Crippen molar-refractivity contribution < 1.29 is 14.8 Å². The number of hydrogen-bond donors (Lipinski definition) is 0. The van der Waals surface area contributed by atoms with Gasteiger partial charge in [-0.25, -0.2) is 9.97 Å². The second kappa shape index (κ2) is 4.16. The molecule has 1 aliphatic rings. The van der Waals surface area contributed by atoms with E-state index in [1.54, 1.807) is 0 Å². The molecule has 0 bridgehead atoms. The van der Waals surface area contributed by atoms with Gasteiger partial charge in [0.1, 0.15) is 7.67 Å². The van der Waals surface area contributed by atoms with Crippen molar-refractivity contribution in [3.63, 3.8) is 0 Å². The van der Waals surface area contributed by atoms with Gasteiger partial charge in [0, 0.05) is 17.7 Å². The minimum Gasteiger partial charge on any atom is -0.398 e. The third-order valence-corrected chi connectivity index (χ3v) is 4.27. The topological polar surface area (TPSA) is 49.2 Å². The SMILES string of the molecule is [2H]c1nc([2H])n(-c2nc(B3OC(C)(C)C(C)(C)O3)c([2H])s2)c1[2H]. The van der Waals surface area contributed by atoms with Crippen molar-refractivity contribution >= 4 is 24.0 Å². The molecular formula is C12H16BN3O2S. The summed E-state index contributed by atoms with van der Waals surface area (Å²) in [5.41, 5.74) is -0.778. The normalized spacial score (nSPS) is 23.9. The zero-order valence-electron chi connectivity index (χ0n) is 15.1. The van der Waals surface area contributed by atoms with Crippen LogP contribution in [0.2, 0.25) is 0 Å². The van der Waals surface area contributed by atoms with Gasteiger partial charge in [0.15, 0.2) is 5.13 Å². The molecule has 1 saturated heterocycles. The van der Waals surface area contributed by atoms with Crippen LogP contribution in [0, 0.1) is 0 Å². The molecule has 0 aliphatic carbocycles. The van der Waals surface area contributed by atoms with E-state index in [4.69, 9.17) is 14.8 Å². The summed E-state index contributed by atoms with van der Waals surface area (Å²) in [5.74, 6) is 0. The lowest BCUT2D eigenvalue weighted by Crippen LogP contribution is -2.41. The van der Waals surface area contributed by atoms with Gasteiger partial charge in [-0.05, 0) is 27.7 Å². The highest BCUT2D eigenvalue weighted by Gasteiger charge is 2.52. The highest BCUT2D eigenvalue weighted by atomic mass is 32.1. The summed E-state index contributed by atoms with van der Waals surface area (Å²) in [7, 11) is -0.778. The first-order valence-electron chi connectivity index (χ1n) is 7.89. The fourth-order valence-corrected chi connectivity index (χ4v) is 2.32. The summed E-state index contributed by atoms with van der Waals surface area (Å²) in [5, 5.41) is 0.373. The number of rotatable bonds is 2. The fourth-order valence-electron chi connectivity index (χ4n) is 1.66. The van der Waals surface area contributed by atoms with Gasteiger partial charge >= 0.3 is 7.12 Å². The fraction of sp³-hybridized carbons (Fsp3) is 0.500. The number of aromatic nitrogens is 3. The van der Waals surface area contributed by atoms with Crippen LogP contribution < -0.4 is 5.59 Å². The maximum absolute atomic E-state index is 8.11. The molecule has 0 aromatic carbocycles. The Hall–Kier alpha value is -1.18. The lowest BCUT2D eigenvalue weighted by Gasteiger charge is -2.32. The first kappa shape index (κ1) is 8.89. The van der Waals surface area contributed by atoms with E-state index in [1.165, 1.54) is 0 Å². The summed E-state index contributed by atoms with van der Waals surface area (Å²) in [6.45, 7) is 7.65. The quantitative estimate of drug-likeness (QED) is 0.785. The van der Waals surface area contributed by atoms with E-state index >= 15 is 0 Å². The zero-order valence-corrected chi connectivity index (χ0v) is 12.0. The van der Waals surface area contributed by atoms with Crippen LogP contribution in [0.3, 0.4) is 0 Å². The Balaban J connectivity index is 2.00.